The predicted molar refractivity (Wildman–Crippen MR) is 137 cm³/mol. The third kappa shape index (κ3) is 5.18. The number of piperidine rings is 1. The van der Waals surface area contributed by atoms with Gasteiger partial charge in [-0.1, -0.05) is 18.2 Å². The minimum absolute atomic E-state index is 0.102. The number of carbonyl (C=O) groups excluding carboxylic acids is 1. The number of carbonyl (C=O) groups is 1. The fourth-order valence-corrected chi connectivity index (χ4v) is 4.99. The van der Waals surface area contributed by atoms with Crippen LogP contribution >= 0.6 is 11.3 Å². The number of hydrogen-bond acceptors (Lipinski definition) is 7. The van der Waals surface area contributed by atoms with Gasteiger partial charge in [-0.3, -0.25) is 9.48 Å². The first-order chi connectivity index (χ1) is 17.0. The maximum absolute atomic E-state index is 14.0. The van der Waals surface area contributed by atoms with E-state index < -0.39 is 0 Å². The topological polar surface area (TPSA) is 115 Å². The molecule has 5 N–H and O–H groups in total. The second-order valence-electron chi connectivity index (χ2n) is 8.63. The fourth-order valence-electron chi connectivity index (χ4n) is 4.22. The van der Waals surface area contributed by atoms with Crippen LogP contribution in [-0.4, -0.2) is 39.8 Å². The lowest BCUT2D eigenvalue weighted by Crippen LogP contribution is -2.43. The first-order valence-electron chi connectivity index (χ1n) is 11.4. The zero-order chi connectivity index (χ0) is 24.4. The molecule has 2 aromatic heterocycles. The number of halogens is 1. The summed E-state index contributed by atoms with van der Waals surface area (Å²) in [5, 5.41) is 9.65. The summed E-state index contributed by atoms with van der Waals surface area (Å²) >= 11 is 1.35. The fraction of sp³-hybridized carbons (Fsp3) is 0.240. The second kappa shape index (κ2) is 9.85. The van der Waals surface area contributed by atoms with Gasteiger partial charge in [0.05, 0.1) is 24.1 Å². The molecule has 8 nitrogen and oxygen atoms in total. The molecule has 1 fully saturated rings. The lowest BCUT2D eigenvalue weighted by molar-refractivity contribution is 0.102. The lowest BCUT2D eigenvalue weighted by atomic mass is 10.1. The molecule has 1 unspecified atom stereocenters. The Morgan fingerprint density at radius 1 is 1.26 bits per heavy atom. The minimum Gasteiger partial charge on any atom is -0.399 e. The Morgan fingerprint density at radius 3 is 2.94 bits per heavy atom. The number of nitrogen functional groups attached to an aromatic ring is 1. The predicted octanol–water partition coefficient (Wildman–Crippen LogP) is 3.96. The normalized spacial score (nSPS) is 15.8. The Hall–Kier alpha value is -3.76. The molecule has 0 bridgehead atoms. The average Bonchev–Trinajstić information content (AvgIpc) is 3.51. The van der Waals surface area contributed by atoms with Crippen LogP contribution in [0, 0.1) is 5.82 Å². The van der Waals surface area contributed by atoms with Crippen molar-refractivity contribution in [2.24, 2.45) is 5.73 Å². The quantitative estimate of drug-likeness (QED) is 0.352. The van der Waals surface area contributed by atoms with Gasteiger partial charge < -0.3 is 21.7 Å². The van der Waals surface area contributed by atoms with Gasteiger partial charge in [0, 0.05) is 47.5 Å². The summed E-state index contributed by atoms with van der Waals surface area (Å²) in [6.07, 6.45) is 5.45. The number of hydrogen-bond donors (Lipinski definition) is 3. The molecule has 35 heavy (non-hydrogen) atoms. The molecule has 3 heterocycles. The van der Waals surface area contributed by atoms with E-state index in [0.29, 0.717) is 34.2 Å². The summed E-state index contributed by atoms with van der Waals surface area (Å²) in [4.78, 5) is 19.7. The highest BCUT2D eigenvalue weighted by molar-refractivity contribution is 7.13. The summed E-state index contributed by atoms with van der Waals surface area (Å²) in [5.74, 6) is -0.593. The van der Waals surface area contributed by atoms with Crippen molar-refractivity contribution in [2.75, 3.05) is 29.0 Å². The lowest BCUT2D eigenvalue weighted by Gasteiger charge is -2.34. The molecule has 0 aliphatic carbocycles. The Bertz CT molecular complexity index is 1350. The van der Waals surface area contributed by atoms with Crippen molar-refractivity contribution in [3.8, 4) is 10.6 Å². The molecule has 180 valence electrons. The van der Waals surface area contributed by atoms with E-state index in [4.69, 9.17) is 11.5 Å². The molecule has 1 amide bonds. The zero-order valence-electron chi connectivity index (χ0n) is 19.0. The van der Waals surface area contributed by atoms with Crippen molar-refractivity contribution in [3.63, 3.8) is 0 Å². The Kier molecular flexibility index (Phi) is 6.47. The molecule has 2 aromatic carbocycles. The van der Waals surface area contributed by atoms with Gasteiger partial charge in [0.15, 0.2) is 0 Å². The maximum Gasteiger partial charge on any atom is 0.275 e. The van der Waals surface area contributed by atoms with Crippen molar-refractivity contribution in [2.45, 2.75) is 25.4 Å². The van der Waals surface area contributed by atoms with Crippen molar-refractivity contribution in [1.82, 2.24) is 14.8 Å². The summed E-state index contributed by atoms with van der Waals surface area (Å²) < 4.78 is 15.6. The number of aromatic nitrogens is 3. The van der Waals surface area contributed by atoms with Crippen LogP contribution in [0.5, 0.6) is 0 Å². The summed E-state index contributed by atoms with van der Waals surface area (Å²) in [6.45, 7) is 1.91. The number of nitrogens with zero attached hydrogens (tertiary/aromatic N) is 4. The molecule has 1 aliphatic heterocycles. The molecule has 10 heteroatoms. The van der Waals surface area contributed by atoms with Crippen LogP contribution in [0.3, 0.4) is 0 Å². The van der Waals surface area contributed by atoms with Crippen molar-refractivity contribution < 1.29 is 9.18 Å². The van der Waals surface area contributed by atoms with Gasteiger partial charge in [-0.15, -0.1) is 11.3 Å². The monoisotopic (exact) mass is 491 g/mol. The zero-order valence-corrected chi connectivity index (χ0v) is 19.8. The summed E-state index contributed by atoms with van der Waals surface area (Å²) in [6, 6.07) is 12.2. The molecule has 4 aromatic rings. The average molecular weight is 492 g/mol. The van der Waals surface area contributed by atoms with Crippen LogP contribution < -0.4 is 21.7 Å². The standard InChI is InChI=1S/C25H26FN7OS/c26-20-6-2-1-4-16(20)12-33-13-17(11-29-33)25-31-22(15-35-25)24(34)30-21-10-18(27)7-8-23(21)32-9-3-5-19(28)14-32/h1-2,4,6-8,10-11,13,15,19H,3,5,9,12,14,27-28H2,(H,30,34). The Morgan fingerprint density at radius 2 is 2.11 bits per heavy atom. The van der Waals surface area contributed by atoms with Crippen molar-refractivity contribution >= 4 is 34.3 Å². The highest BCUT2D eigenvalue weighted by Crippen LogP contribution is 2.31. The van der Waals surface area contributed by atoms with Gasteiger partial charge in [-0.2, -0.15) is 5.10 Å². The van der Waals surface area contributed by atoms with Crippen LogP contribution in [0.2, 0.25) is 0 Å². The minimum atomic E-state index is -0.320. The second-order valence-corrected chi connectivity index (χ2v) is 9.49. The Balaban J connectivity index is 1.31. The first-order valence-corrected chi connectivity index (χ1v) is 12.3. The number of thiazole rings is 1. The van der Waals surface area contributed by atoms with Crippen LogP contribution in [0.25, 0.3) is 10.6 Å². The molecule has 0 radical (unpaired) electrons. The first kappa shape index (κ1) is 23.0. The summed E-state index contributed by atoms with van der Waals surface area (Å²) in [7, 11) is 0. The summed E-state index contributed by atoms with van der Waals surface area (Å²) in [5.41, 5.74) is 15.9. The van der Waals surface area contributed by atoms with Gasteiger partial charge in [0.2, 0.25) is 0 Å². The van der Waals surface area contributed by atoms with Crippen molar-refractivity contribution in [3.05, 3.63) is 77.3 Å². The Labute approximate surface area is 206 Å². The van der Waals surface area contributed by atoms with Gasteiger partial charge in [0.25, 0.3) is 5.91 Å². The van der Waals surface area contributed by atoms with E-state index in [1.54, 1.807) is 46.7 Å². The van der Waals surface area contributed by atoms with Crippen LogP contribution in [-0.2, 0) is 6.54 Å². The number of nitrogens with two attached hydrogens (primary N) is 2. The van der Waals surface area contributed by atoms with E-state index in [2.05, 4.69) is 20.3 Å². The van der Waals surface area contributed by atoms with Crippen LogP contribution in [0.4, 0.5) is 21.5 Å². The van der Waals surface area contributed by atoms with E-state index >= 15 is 0 Å². The molecular weight excluding hydrogens is 465 g/mol. The van der Waals surface area contributed by atoms with Gasteiger partial charge in [-0.05, 0) is 37.1 Å². The molecular formula is C25H26FN7OS. The van der Waals surface area contributed by atoms with Gasteiger partial charge in [0.1, 0.15) is 16.5 Å². The highest BCUT2D eigenvalue weighted by Gasteiger charge is 2.21. The van der Waals surface area contributed by atoms with Crippen molar-refractivity contribution in [1.29, 1.82) is 0 Å². The molecule has 1 aliphatic rings. The van der Waals surface area contributed by atoms with Crippen LogP contribution in [0.1, 0.15) is 28.9 Å². The highest BCUT2D eigenvalue weighted by atomic mass is 32.1. The molecule has 1 atom stereocenters. The molecule has 0 spiro atoms. The molecule has 1 saturated heterocycles. The SMILES string of the molecule is Nc1ccc(N2CCCC(N)C2)c(NC(=O)c2csc(-c3cnn(Cc4ccccc4F)c3)n2)c1. The smallest absolute Gasteiger partial charge is 0.275 e. The number of benzene rings is 2. The van der Waals surface area contributed by atoms with E-state index in [0.717, 1.165) is 37.2 Å². The van der Waals surface area contributed by atoms with E-state index in [-0.39, 0.29) is 17.8 Å². The largest absolute Gasteiger partial charge is 0.399 e. The number of anilines is 3. The number of rotatable bonds is 6. The third-order valence-corrected chi connectivity index (χ3v) is 6.87. The van der Waals surface area contributed by atoms with Gasteiger partial charge >= 0.3 is 0 Å². The maximum atomic E-state index is 14.0. The molecule has 5 rings (SSSR count). The van der Waals surface area contributed by atoms with E-state index in [1.807, 2.05) is 12.1 Å². The molecule has 0 saturated carbocycles. The van der Waals surface area contributed by atoms with E-state index in [9.17, 15) is 9.18 Å². The van der Waals surface area contributed by atoms with E-state index in [1.165, 1.54) is 17.4 Å². The third-order valence-electron chi connectivity index (χ3n) is 5.97. The number of amides is 1. The number of nitrogens with one attached hydrogen (secondary N) is 1. The van der Waals surface area contributed by atoms with Crippen LogP contribution in [0.15, 0.2) is 60.2 Å². The van der Waals surface area contributed by atoms with Gasteiger partial charge in [-0.25, -0.2) is 9.37 Å².